The number of nitrogens with two attached hydrogens (primary N) is 2. The number of carbonyl (C=O) groups excluding carboxylic acids is 1. The maximum atomic E-state index is 11.5. The molecule has 0 radical (unpaired) electrons. The van der Waals surface area contributed by atoms with Crippen LogP contribution in [0, 0.1) is 18.3 Å². The Morgan fingerprint density at radius 2 is 1.92 bits per heavy atom. The standard InChI is InChI=1S/C14H10ClN3O.C2H7N.CH3NS/c1-8-4-10(6-13(15)18-8)12-5-9(7-16)2-3-11(12)14(17)19;1-3-2;2-1-3/h2-6H,1H3,(H2,17,19);3H,1-2H3;1H,(H2,2,3). The first-order valence-corrected chi connectivity index (χ1v) is 7.91. The minimum absolute atomic E-state index is 0.327. The van der Waals surface area contributed by atoms with Gasteiger partial charge in [0.25, 0.3) is 0 Å². The quantitative estimate of drug-likeness (QED) is 0.546. The van der Waals surface area contributed by atoms with Crippen molar-refractivity contribution in [2.45, 2.75) is 6.92 Å². The third kappa shape index (κ3) is 7.72. The number of nitrogens with one attached hydrogen (secondary N) is 1. The van der Waals surface area contributed by atoms with Crippen molar-refractivity contribution in [3.63, 3.8) is 0 Å². The highest BCUT2D eigenvalue weighted by Crippen LogP contribution is 2.27. The van der Waals surface area contributed by atoms with Gasteiger partial charge in [-0.2, -0.15) is 5.26 Å². The number of aryl methyl sites for hydroxylation is 1. The monoisotopic (exact) mass is 377 g/mol. The predicted octanol–water partition coefficient (Wildman–Crippen LogP) is 2.42. The number of carbonyl (C=O) groups is 1. The van der Waals surface area contributed by atoms with Crippen molar-refractivity contribution in [1.29, 1.82) is 5.26 Å². The average Bonchev–Trinajstić information content (AvgIpc) is 2.54. The third-order valence-electron chi connectivity index (χ3n) is 2.65. The molecule has 1 aromatic carbocycles. The van der Waals surface area contributed by atoms with Crippen LogP contribution in [-0.4, -0.2) is 30.5 Å². The Balaban J connectivity index is 0.000000844. The van der Waals surface area contributed by atoms with Gasteiger partial charge in [0, 0.05) is 11.3 Å². The fraction of sp³-hybridized carbons (Fsp3) is 0.176. The Bertz CT molecular complexity index is 754. The summed E-state index contributed by atoms with van der Waals surface area (Å²) in [6, 6.07) is 10.2. The Labute approximate surface area is 157 Å². The van der Waals surface area contributed by atoms with Crippen molar-refractivity contribution >= 4 is 35.2 Å². The summed E-state index contributed by atoms with van der Waals surface area (Å²) < 4.78 is 0. The molecule has 0 aliphatic rings. The van der Waals surface area contributed by atoms with E-state index in [1.54, 1.807) is 37.3 Å². The SMILES string of the molecule is CNC.Cc1cc(-c2cc(C#N)ccc2C(N)=O)cc(Cl)n1.NC=S. The van der Waals surface area contributed by atoms with E-state index >= 15 is 0 Å². The lowest BCUT2D eigenvalue weighted by Gasteiger charge is -2.08. The lowest BCUT2D eigenvalue weighted by Crippen LogP contribution is -2.12. The number of benzene rings is 1. The number of pyridine rings is 1. The fourth-order valence-electron chi connectivity index (χ4n) is 1.85. The molecule has 1 heterocycles. The number of amides is 1. The molecular weight excluding hydrogens is 358 g/mol. The molecule has 6 nitrogen and oxygen atoms in total. The normalized spacial score (nSPS) is 8.76. The molecule has 0 aliphatic carbocycles. The van der Waals surface area contributed by atoms with Crippen LogP contribution in [0.5, 0.6) is 0 Å². The summed E-state index contributed by atoms with van der Waals surface area (Å²) >= 11 is 9.96. The van der Waals surface area contributed by atoms with Gasteiger partial charge >= 0.3 is 0 Å². The summed E-state index contributed by atoms with van der Waals surface area (Å²) in [6.07, 6.45) is 0. The van der Waals surface area contributed by atoms with Crippen molar-refractivity contribution in [1.82, 2.24) is 10.3 Å². The molecule has 8 heteroatoms. The van der Waals surface area contributed by atoms with Gasteiger partial charge in [0.1, 0.15) is 5.15 Å². The number of nitriles is 1. The second-order valence-electron chi connectivity index (χ2n) is 4.69. The molecule has 0 saturated heterocycles. The fourth-order valence-corrected chi connectivity index (χ4v) is 2.10. The Morgan fingerprint density at radius 1 is 1.36 bits per heavy atom. The van der Waals surface area contributed by atoms with Gasteiger partial charge in [-0.15, -0.1) is 0 Å². The van der Waals surface area contributed by atoms with Gasteiger partial charge in [0.15, 0.2) is 0 Å². The van der Waals surface area contributed by atoms with Crippen molar-refractivity contribution in [3.05, 3.63) is 52.3 Å². The van der Waals surface area contributed by atoms with Gasteiger partial charge in [-0.1, -0.05) is 23.8 Å². The summed E-state index contributed by atoms with van der Waals surface area (Å²) in [4.78, 5) is 15.5. The zero-order valence-electron chi connectivity index (χ0n) is 14.2. The molecule has 0 aliphatic heterocycles. The van der Waals surface area contributed by atoms with Crippen LogP contribution in [0.4, 0.5) is 0 Å². The molecule has 1 amide bonds. The molecule has 0 atom stereocenters. The van der Waals surface area contributed by atoms with Crippen molar-refractivity contribution < 1.29 is 4.79 Å². The number of hydrogen-bond acceptors (Lipinski definition) is 5. The largest absolute Gasteiger partial charge is 0.396 e. The van der Waals surface area contributed by atoms with Gasteiger partial charge in [-0.25, -0.2) is 4.98 Å². The first-order chi connectivity index (χ1) is 11.8. The lowest BCUT2D eigenvalue weighted by atomic mass is 9.97. The van der Waals surface area contributed by atoms with E-state index in [0.717, 1.165) is 11.2 Å². The van der Waals surface area contributed by atoms with Crippen LogP contribution in [0.25, 0.3) is 11.1 Å². The summed E-state index contributed by atoms with van der Waals surface area (Å²) in [7, 11) is 3.75. The third-order valence-corrected chi connectivity index (χ3v) is 2.84. The molecule has 0 fully saturated rings. The van der Waals surface area contributed by atoms with Gasteiger partial charge in [0.05, 0.1) is 17.1 Å². The second kappa shape index (κ2) is 11.9. The first kappa shape index (κ1) is 22.5. The van der Waals surface area contributed by atoms with Crippen molar-refractivity contribution in [2.75, 3.05) is 14.1 Å². The summed E-state index contributed by atoms with van der Waals surface area (Å²) in [6.45, 7) is 1.80. The number of aromatic nitrogens is 1. The number of primary amides is 1. The van der Waals surface area contributed by atoms with E-state index < -0.39 is 5.91 Å². The molecular formula is C17H20ClN5OS. The molecule has 0 spiro atoms. The molecule has 0 saturated carbocycles. The van der Waals surface area contributed by atoms with Crippen LogP contribution < -0.4 is 16.8 Å². The van der Waals surface area contributed by atoms with E-state index in [1.807, 2.05) is 20.2 Å². The molecule has 5 N–H and O–H groups in total. The average molecular weight is 378 g/mol. The van der Waals surface area contributed by atoms with E-state index in [-0.39, 0.29) is 0 Å². The van der Waals surface area contributed by atoms with Crippen LogP contribution >= 0.6 is 23.8 Å². The van der Waals surface area contributed by atoms with Gasteiger partial charge in [-0.3, -0.25) is 4.79 Å². The number of nitrogens with zero attached hydrogens (tertiary/aromatic N) is 2. The molecule has 1 aromatic heterocycles. The molecule has 132 valence electrons. The van der Waals surface area contributed by atoms with Crippen LogP contribution in [-0.2, 0) is 0 Å². The predicted molar refractivity (Wildman–Crippen MR) is 105 cm³/mol. The van der Waals surface area contributed by atoms with Gasteiger partial charge in [0.2, 0.25) is 5.91 Å². The zero-order chi connectivity index (χ0) is 19.4. The number of rotatable bonds is 2. The maximum absolute atomic E-state index is 11.5. The van der Waals surface area contributed by atoms with Gasteiger partial charge < -0.3 is 16.8 Å². The van der Waals surface area contributed by atoms with Crippen LogP contribution in [0.1, 0.15) is 21.6 Å². The molecule has 0 unspecified atom stereocenters. The Hall–Kier alpha value is -2.53. The first-order valence-electron chi connectivity index (χ1n) is 7.06. The van der Waals surface area contributed by atoms with Crippen molar-refractivity contribution in [3.8, 4) is 17.2 Å². The number of halogens is 1. The highest BCUT2D eigenvalue weighted by atomic mass is 35.5. The van der Waals surface area contributed by atoms with Gasteiger partial charge in [-0.05, 0) is 62.5 Å². The van der Waals surface area contributed by atoms with Crippen LogP contribution in [0.2, 0.25) is 5.15 Å². The summed E-state index contributed by atoms with van der Waals surface area (Å²) in [5, 5.41) is 12.0. The van der Waals surface area contributed by atoms with E-state index in [4.69, 9.17) is 22.6 Å². The molecule has 2 aromatic rings. The maximum Gasteiger partial charge on any atom is 0.249 e. The number of hydrogen-bond donors (Lipinski definition) is 3. The van der Waals surface area contributed by atoms with E-state index in [0.29, 0.717) is 27.4 Å². The smallest absolute Gasteiger partial charge is 0.249 e. The molecule has 25 heavy (non-hydrogen) atoms. The minimum Gasteiger partial charge on any atom is -0.396 e. The van der Waals surface area contributed by atoms with E-state index in [1.165, 1.54) is 0 Å². The Kier molecular flexibility index (Phi) is 10.7. The Morgan fingerprint density at radius 3 is 2.36 bits per heavy atom. The van der Waals surface area contributed by atoms with E-state index in [2.05, 4.69) is 28.3 Å². The van der Waals surface area contributed by atoms with Crippen molar-refractivity contribution in [2.24, 2.45) is 11.5 Å². The van der Waals surface area contributed by atoms with E-state index in [9.17, 15) is 4.79 Å². The highest BCUT2D eigenvalue weighted by Gasteiger charge is 2.12. The summed E-state index contributed by atoms with van der Waals surface area (Å²) in [5.74, 6) is -0.551. The molecule has 0 bridgehead atoms. The lowest BCUT2D eigenvalue weighted by molar-refractivity contribution is 0.100. The number of thiocarbonyl (C=S) groups is 1. The van der Waals surface area contributed by atoms with Crippen LogP contribution in [0.3, 0.4) is 0 Å². The summed E-state index contributed by atoms with van der Waals surface area (Å²) in [5.41, 5.74) is 13.8. The second-order valence-corrected chi connectivity index (χ2v) is 5.35. The highest BCUT2D eigenvalue weighted by molar-refractivity contribution is 7.78. The minimum atomic E-state index is -0.551. The topological polar surface area (TPSA) is 118 Å². The molecule has 2 rings (SSSR count). The zero-order valence-corrected chi connectivity index (χ0v) is 15.8. The van der Waals surface area contributed by atoms with Crippen LogP contribution in [0.15, 0.2) is 30.3 Å².